The Kier molecular flexibility index (Phi) is 2.93. The molecule has 0 atom stereocenters. The zero-order valence-electron chi connectivity index (χ0n) is 8.10. The third-order valence-electron chi connectivity index (χ3n) is 2.15. The van der Waals surface area contributed by atoms with Crippen LogP contribution in [0.3, 0.4) is 0 Å². The average molecular weight is 256 g/mol. The van der Waals surface area contributed by atoms with Gasteiger partial charge in [0.15, 0.2) is 0 Å². The Hall–Kier alpha value is -1.40. The minimum atomic E-state index is -0.896. The van der Waals surface area contributed by atoms with Gasteiger partial charge in [0.05, 0.1) is 16.9 Å². The predicted molar refractivity (Wildman–Crippen MR) is 62.4 cm³/mol. The fourth-order valence-corrected chi connectivity index (χ4v) is 3.74. The molecule has 0 spiro atoms. The Morgan fingerprint density at radius 3 is 1.81 bits per heavy atom. The SMILES string of the molecule is O=C(O)Cc1csc2scc(CC(=O)O)c12. The maximum atomic E-state index is 10.7. The number of thiophene rings is 2. The van der Waals surface area contributed by atoms with Crippen molar-refractivity contribution >= 4 is 44.0 Å². The van der Waals surface area contributed by atoms with Gasteiger partial charge in [-0.2, -0.15) is 0 Å². The van der Waals surface area contributed by atoms with Crippen LogP contribution in [0, 0.1) is 0 Å². The van der Waals surface area contributed by atoms with Crippen molar-refractivity contribution in [1.82, 2.24) is 0 Å². The monoisotopic (exact) mass is 256 g/mol. The molecule has 0 unspecified atom stereocenters. The highest BCUT2D eigenvalue weighted by molar-refractivity contribution is 7.37. The minimum Gasteiger partial charge on any atom is -0.481 e. The van der Waals surface area contributed by atoms with E-state index in [4.69, 9.17) is 10.2 Å². The van der Waals surface area contributed by atoms with Crippen LogP contribution in [0.1, 0.15) is 11.1 Å². The topological polar surface area (TPSA) is 74.6 Å². The van der Waals surface area contributed by atoms with E-state index in [-0.39, 0.29) is 12.8 Å². The van der Waals surface area contributed by atoms with Gasteiger partial charge in [0.2, 0.25) is 0 Å². The summed E-state index contributed by atoms with van der Waals surface area (Å²) in [6.45, 7) is 0. The number of carbonyl (C=O) groups is 2. The lowest BCUT2D eigenvalue weighted by molar-refractivity contribution is -0.137. The summed E-state index contributed by atoms with van der Waals surface area (Å²) >= 11 is 2.93. The Bertz CT molecular complexity index is 507. The molecule has 0 radical (unpaired) electrons. The molecule has 2 heterocycles. The van der Waals surface area contributed by atoms with Crippen LogP contribution in [0.25, 0.3) is 9.40 Å². The van der Waals surface area contributed by atoms with Gasteiger partial charge in [0.25, 0.3) is 0 Å². The Morgan fingerprint density at radius 2 is 1.44 bits per heavy atom. The number of fused-ring (bicyclic) bond motifs is 1. The summed E-state index contributed by atoms with van der Waals surface area (Å²) < 4.78 is 0.993. The van der Waals surface area contributed by atoms with Crippen LogP contribution in [-0.2, 0) is 22.4 Å². The highest BCUT2D eigenvalue weighted by atomic mass is 32.2. The van der Waals surface area contributed by atoms with Crippen molar-refractivity contribution in [2.75, 3.05) is 0 Å². The first-order valence-corrected chi connectivity index (χ1v) is 6.24. The van der Waals surface area contributed by atoms with Crippen molar-refractivity contribution in [2.45, 2.75) is 12.8 Å². The van der Waals surface area contributed by atoms with Crippen LogP contribution in [-0.4, -0.2) is 22.2 Å². The van der Waals surface area contributed by atoms with Gasteiger partial charge >= 0.3 is 11.9 Å². The lowest BCUT2D eigenvalue weighted by Gasteiger charge is -1.96. The highest BCUT2D eigenvalue weighted by Crippen LogP contribution is 2.35. The number of aliphatic carboxylic acids is 2. The molecule has 0 saturated carbocycles. The Balaban J connectivity index is 2.46. The van der Waals surface area contributed by atoms with Crippen molar-refractivity contribution in [3.63, 3.8) is 0 Å². The van der Waals surface area contributed by atoms with Gasteiger partial charge < -0.3 is 10.2 Å². The first-order valence-electron chi connectivity index (χ1n) is 4.48. The third-order valence-corrected chi connectivity index (χ3v) is 4.36. The molecule has 84 valence electrons. The van der Waals surface area contributed by atoms with E-state index in [0.717, 1.165) is 9.40 Å². The van der Waals surface area contributed by atoms with Crippen molar-refractivity contribution in [1.29, 1.82) is 0 Å². The highest BCUT2D eigenvalue weighted by Gasteiger charge is 2.15. The first-order chi connectivity index (χ1) is 7.58. The van der Waals surface area contributed by atoms with Crippen LogP contribution in [0.15, 0.2) is 10.8 Å². The number of hydrogen-bond donors (Lipinski definition) is 2. The van der Waals surface area contributed by atoms with E-state index in [1.807, 2.05) is 0 Å². The molecule has 2 aromatic rings. The molecule has 0 aliphatic heterocycles. The van der Waals surface area contributed by atoms with E-state index < -0.39 is 11.9 Å². The molecule has 0 aromatic carbocycles. The van der Waals surface area contributed by atoms with Crippen molar-refractivity contribution in [2.24, 2.45) is 0 Å². The molecule has 4 nitrogen and oxygen atoms in total. The minimum absolute atomic E-state index is 0.0522. The summed E-state index contributed by atoms with van der Waals surface area (Å²) in [6.07, 6.45) is -0.104. The maximum absolute atomic E-state index is 10.7. The van der Waals surface area contributed by atoms with Gasteiger partial charge in [-0.05, 0) is 21.9 Å². The summed E-state index contributed by atoms with van der Waals surface area (Å²) in [4.78, 5) is 21.3. The summed E-state index contributed by atoms with van der Waals surface area (Å²) in [5.74, 6) is -1.79. The van der Waals surface area contributed by atoms with Gasteiger partial charge in [-0.3, -0.25) is 9.59 Å². The molecule has 0 bridgehead atoms. The van der Waals surface area contributed by atoms with Crippen LogP contribution in [0.2, 0.25) is 0 Å². The fraction of sp³-hybridized carbons (Fsp3) is 0.200. The molecule has 2 aromatic heterocycles. The van der Waals surface area contributed by atoms with Gasteiger partial charge in [-0.1, -0.05) is 0 Å². The molecule has 6 heteroatoms. The predicted octanol–water partition coefficient (Wildman–Crippen LogP) is 2.22. The molecule has 0 saturated heterocycles. The van der Waals surface area contributed by atoms with Crippen LogP contribution < -0.4 is 0 Å². The second-order valence-electron chi connectivity index (χ2n) is 3.33. The van der Waals surface area contributed by atoms with E-state index in [9.17, 15) is 9.59 Å². The van der Waals surface area contributed by atoms with Crippen LogP contribution in [0.5, 0.6) is 0 Å². The van der Waals surface area contributed by atoms with Gasteiger partial charge in [0.1, 0.15) is 0 Å². The number of rotatable bonds is 4. The molecule has 0 fully saturated rings. The van der Waals surface area contributed by atoms with E-state index in [0.29, 0.717) is 11.1 Å². The van der Waals surface area contributed by atoms with E-state index in [1.54, 1.807) is 10.8 Å². The van der Waals surface area contributed by atoms with Crippen LogP contribution >= 0.6 is 22.7 Å². The Labute approximate surface area is 98.8 Å². The van der Waals surface area contributed by atoms with E-state index in [2.05, 4.69) is 0 Å². The zero-order chi connectivity index (χ0) is 11.7. The molecule has 0 aliphatic carbocycles. The molecule has 2 rings (SSSR count). The van der Waals surface area contributed by atoms with E-state index in [1.165, 1.54) is 22.7 Å². The average Bonchev–Trinajstić information content (AvgIpc) is 2.69. The first kappa shape index (κ1) is 11.1. The van der Waals surface area contributed by atoms with Crippen LogP contribution in [0.4, 0.5) is 0 Å². The van der Waals surface area contributed by atoms with Crippen molar-refractivity contribution in [3.8, 4) is 0 Å². The summed E-state index contributed by atoms with van der Waals surface area (Å²) in [5, 5.41) is 21.9. The normalized spacial score (nSPS) is 10.8. The standard InChI is InChI=1S/C10H8O4S2/c11-7(12)1-5-3-15-10-9(5)6(4-16-10)2-8(13)14/h3-4H,1-2H2,(H,11,12)(H,13,14). The van der Waals surface area contributed by atoms with Gasteiger partial charge in [0, 0.05) is 5.39 Å². The smallest absolute Gasteiger partial charge is 0.307 e. The molecule has 16 heavy (non-hydrogen) atoms. The summed E-state index contributed by atoms with van der Waals surface area (Å²) in [7, 11) is 0. The molecule has 0 aliphatic rings. The molecular formula is C10H8O4S2. The maximum Gasteiger partial charge on any atom is 0.307 e. The van der Waals surface area contributed by atoms with Crippen molar-refractivity contribution < 1.29 is 19.8 Å². The lowest BCUT2D eigenvalue weighted by atomic mass is 10.1. The van der Waals surface area contributed by atoms with Crippen molar-refractivity contribution in [3.05, 3.63) is 21.9 Å². The quantitative estimate of drug-likeness (QED) is 0.879. The number of carboxylic acids is 2. The molecule has 0 amide bonds. The fourth-order valence-electron chi connectivity index (χ4n) is 1.57. The third kappa shape index (κ3) is 2.07. The number of carboxylic acid groups (broad SMARTS) is 2. The summed E-state index contributed by atoms with van der Waals surface area (Å²) in [6, 6.07) is 0. The molecular weight excluding hydrogens is 248 g/mol. The second kappa shape index (κ2) is 4.23. The number of hydrogen-bond acceptors (Lipinski definition) is 4. The zero-order valence-corrected chi connectivity index (χ0v) is 9.73. The summed E-state index contributed by atoms with van der Waals surface area (Å²) in [5.41, 5.74) is 1.43. The second-order valence-corrected chi connectivity index (χ2v) is 5.34. The van der Waals surface area contributed by atoms with Gasteiger partial charge in [-0.15, -0.1) is 22.7 Å². The largest absolute Gasteiger partial charge is 0.481 e. The Morgan fingerprint density at radius 1 is 1.00 bits per heavy atom. The van der Waals surface area contributed by atoms with E-state index >= 15 is 0 Å². The molecule has 2 N–H and O–H groups in total. The van der Waals surface area contributed by atoms with Gasteiger partial charge in [-0.25, -0.2) is 0 Å². The lowest BCUT2D eigenvalue weighted by Crippen LogP contribution is -2.02.